The first-order valence-corrected chi connectivity index (χ1v) is 4.76. The van der Waals surface area contributed by atoms with Crippen molar-refractivity contribution < 1.29 is 15.0 Å². The fraction of sp³-hybridized carbons (Fsp3) is 0.875. The third-order valence-corrected chi connectivity index (χ3v) is 2.03. The van der Waals surface area contributed by atoms with Crippen LogP contribution < -0.4 is 5.32 Å². The summed E-state index contributed by atoms with van der Waals surface area (Å²) in [5, 5.41) is 20.9. The Labute approximate surface area is 83.7 Å². The second kappa shape index (κ2) is 5.47. The summed E-state index contributed by atoms with van der Waals surface area (Å²) >= 11 is 3.91. The van der Waals surface area contributed by atoms with Gasteiger partial charge in [-0.3, -0.25) is 4.79 Å². The largest absolute Gasteiger partial charge is 0.396 e. The van der Waals surface area contributed by atoms with E-state index < -0.39 is 17.4 Å². The van der Waals surface area contributed by atoms with Gasteiger partial charge in [0.1, 0.15) is 6.10 Å². The van der Waals surface area contributed by atoms with Crippen LogP contribution in [0.4, 0.5) is 0 Å². The zero-order valence-electron chi connectivity index (χ0n) is 7.95. The van der Waals surface area contributed by atoms with Crippen LogP contribution in [-0.4, -0.2) is 41.1 Å². The maximum absolute atomic E-state index is 11.2. The second-order valence-electron chi connectivity index (χ2n) is 3.56. The third kappa shape index (κ3) is 3.97. The number of nitrogens with one attached hydrogen (secondary N) is 1. The van der Waals surface area contributed by atoms with E-state index in [-0.39, 0.29) is 6.61 Å². The smallest absolute Gasteiger partial charge is 0.249 e. The lowest BCUT2D eigenvalue weighted by Gasteiger charge is -2.26. The van der Waals surface area contributed by atoms with Gasteiger partial charge in [0.25, 0.3) is 0 Å². The molecule has 0 aromatic rings. The zero-order valence-corrected chi connectivity index (χ0v) is 8.84. The number of hydrogen-bond acceptors (Lipinski definition) is 4. The second-order valence-corrected chi connectivity index (χ2v) is 4.01. The molecule has 0 heterocycles. The minimum atomic E-state index is -1.18. The number of amides is 1. The van der Waals surface area contributed by atoms with E-state index in [1.165, 1.54) is 0 Å². The van der Waals surface area contributed by atoms with Gasteiger partial charge < -0.3 is 15.5 Å². The van der Waals surface area contributed by atoms with Crippen LogP contribution in [0.3, 0.4) is 0 Å². The van der Waals surface area contributed by atoms with E-state index in [4.69, 9.17) is 5.11 Å². The number of aliphatic hydroxyl groups is 2. The molecule has 1 atom stereocenters. The van der Waals surface area contributed by atoms with Crippen molar-refractivity contribution in [2.45, 2.75) is 20.0 Å². The molecule has 0 bridgehead atoms. The van der Waals surface area contributed by atoms with Crippen LogP contribution in [0, 0.1) is 5.41 Å². The van der Waals surface area contributed by atoms with Crippen LogP contribution >= 0.6 is 12.6 Å². The highest BCUT2D eigenvalue weighted by molar-refractivity contribution is 7.80. The van der Waals surface area contributed by atoms with E-state index in [1.807, 2.05) is 0 Å². The number of carbonyl (C=O) groups excluding carboxylic acids is 1. The monoisotopic (exact) mass is 207 g/mol. The molecule has 0 fully saturated rings. The first-order valence-electron chi connectivity index (χ1n) is 4.13. The van der Waals surface area contributed by atoms with E-state index in [0.717, 1.165) is 0 Å². The lowest BCUT2D eigenvalue weighted by Crippen LogP contribution is -2.45. The zero-order chi connectivity index (χ0) is 10.5. The Balaban J connectivity index is 4.09. The Morgan fingerprint density at radius 1 is 1.62 bits per heavy atom. The van der Waals surface area contributed by atoms with Crippen molar-refractivity contribution in [1.82, 2.24) is 5.32 Å². The first-order chi connectivity index (χ1) is 5.95. The van der Waals surface area contributed by atoms with Crippen LogP contribution in [0.5, 0.6) is 0 Å². The summed E-state index contributed by atoms with van der Waals surface area (Å²) in [6.07, 6.45) is -1.18. The highest BCUT2D eigenvalue weighted by Gasteiger charge is 2.32. The van der Waals surface area contributed by atoms with Crippen molar-refractivity contribution in [1.29, 1.82) is 0 Å². The van der Waals surface area contributed by atoms with Gasteiger partial charge in [0.05, 0.1) is 6.61 Å². The summed E-state index contributed by atoms with van der Waals surface area (Å²) in [5.41, 5.74) is -0.805. The summed E-state index contributed by atoms with van der Waals surface area (Å²) in [4.78, 5) is 11.2. The number of thiol groups is 1. The van der Waals surface area contributed by atoms with Crippen molar-refractivity contribution in [3.8, 4) is 0 Å². The predicted molar refractivity (Wildman–Crippen MR) is 53.7 cm³/mol. The minimum Gasteiger partial charge on any atom is -0.396 e. The van der Waals surface area contributed by atoms with Crippen LogP contribution in [-0.2, 0) is 4.79 Å². The van der Waals surface area contributed by atoms with Gasteiger partial charge in [0.2, 0.25) is 5.91 Å². The summed E-state index contributed by atoms with van der Waals surface area (Å²) in [6.45, 7) is 3.43. The molecule has 0 aromatic carbocycles. The molecule has 0 unspecified atom stereocenters. The quantitative estimate of drug-likeness (QED) is 0.456. The molecule has 0 aliphatic heterocycles. The highest BCUT2D eigenvalue weighted by atomic mass is 32.1. The Morgan fingerprint density at radius 3 is 2.54 bits per heavy atom. The van der Waals surface area contributed by atoms with Crippen LogP contribution in [0.1, 0.15) is 13.8 Å². The minimum absolute atomic E-state index is 0.234. The molecule has 0 radical (unpaired) electrons. The normalized spacial score (nSPS) is 13.9. The summed E-state index contributed by atoms with van der Waals surface area (Å²) < 4.78 is 0. The molecule has 5 heteroatoms. The van der Waals surface area contributed by atoms with Crippen molar-refractivity contribution in [2.24, 2.45) is 5.41 Å². The van der Waals surface area contributed by atoms with Gasteiger partial charge >= 0.3 is 0 Å². The maximum Gasteiger partial charge on any atom is 0.249 e. The standard InChI is InChI=1S/C8H17NO3S/c1-8(2,5-10)6(11)7(12)9-3-4-13/h6,10-11,13H,3-5H2,1-2H3,(H,9,12)/t6-/m0/s1. The average molecular weight is 207 g/mol. The predicted octanol–water partition coefficient (Wildman–Crippen LogP) is -0.588. The molecule has 0 aliphatic rings. The Kier molecular flexibility index (Phi) is 5.36. The molecular weight excluding hydrogens is 190 g/mol. The molecule has 4 nitrogen and oxygen atoms in total. The highest BCUT2D eigenvalue weighted by Crippen LogP contribution is 2.19. The van der Waals surface area contributed by atoms with Gasteiger partial charge in [-0.15, -0.1) is 0 Å². The van der Waals surface area contributed by atoms with Gasteiger partial charge in [0.15, 0.2) is 0 Å². The Morgan fingerprint density at radius 2 is 2.15 bits per heavy atom. The summed E-state index contributed by atoms with van der Waals surface area (Å²) in [5.74, 6) is 0.0611. The lowest BCUT2D eigenvalue weighted by atomic mass is 9.87. The SMILES string of the molecule is CC(C)(CO)[C@@H](O)C(=O)NCCS. The average Bonchev–Trinajstić information content (AvgIpc) is 2.12. The summed E-state index contributed by atoms with van der Waals surface area (Å²) in [7, 11) is 0. The molecule has 0 spiro atoms. The molecular formula is C8H17NO3S. The number of aliphatic hydroxyl groups excluding tert-OH is 2. The van der Waals surface area contributed by atoms with Gasteiger partial charge in [-0.2, -0.15) is 12.6 Å². The van der Waals surface area contributed by atoms with Gasteiger partial charge in [-0.25, -0.2) is 0 Å². The van der Waals surface area contributed by atoms with E-state index in [1.54, 1.807) is 13.8 Å². The number of hydrogen-bond donors (Lipinski definition) is 4. The number of rotatable bonds is 5. The van der Waals surface area contributed by atoms with Gasteiger partial charge in [0, 0.05) is 17.7 Å². The molecule has 13 heavy (non-hydrogen) atoms. The number of carbonyl (C=O) groups is 1. The fourth-order valence-electron chi connectivity index (χ4n) is 0.717. The maximum atomic E-state index is 11.2. The first kappa shape index (κ1) is 12.7. The molecule has 0 saturated carbocycles. The van der Waals surface area contributed by atoms with Crippen molar-refractivity contribution in [2.75, 3.05) is 18.9 Å². The van der Waals surface area contributed by atoms with Crippen molar-refractivity contribution in [3.63, 3.8) is 0 Å². The Hall–Kier alpha value is -0.260. The van der Waals surface area contributed by atoms with Crippen LogP contribution in [0.25, 0.3) is 0 Å². The Bertz CT molecular complexity index is 173. The molecule has 0 rings (SSSR count). The van der Waals surface area contributed by atoms with Crippen LogP contribution in [0.15, 0.2) is 0 Å². The summed E-state index contributed by atoms with van der Waals surface area (Å²) in [6, 6.07) is 0. The van der Waals surface area contributed by atoms with E-state index in [2.05, 4.69) is 17.9 Å². The molecule has 3 N–H and O–H groups in total. The van der Waals surface area contributed by atoms with E-state index in [0.29, 0.717) is 12.3 Å². The molecule has 78 valence electrons. The van der Waals surface area contributed by atoms with Gasteiger partial charge in [-0.05, 0) is 0 Å². The van der Waals surface area contributed by atoms with Crippen molar-refractivity contribution in [3.05, 3.63) is 0 Å². The van der Waals surface area contributed by atoms with E-state index >= 15 is 0 Å². The molecule has 1 amide bonds. The molecule has 0 aromatic heterocycles. The van der Waals surface area contributed by atoms with E-state index in [9.17, 15) is 9.90 Å². The third-order valence-electron chi connectivity index (χ3n) is 1.81. The van der Waals surface area contributed by atoms with Crippen LogP contribution in [0.2, 0.25) is 0 Å². The fourth-order valence-corrected chi connectivity index (χ4v) is 0.829. The topological polar surface area (TPSA) is 69.6 Å². The molecule has 0 aliphatic carbocycles. The van der Waals surface area contributed by atoms with Crippen molar-refractivity contribution >= 4 is 18.5 Å². The lowest BCUT2D eigenvalue weighted by molar-refractivity contribution is -0.136. The van der Waals surface area contributed by atoms with Gasteiger partial charge in [-0.1, -0.05) is 13.8 Å². The molecule has 0 saturated heterocycles.